The Hall–Kier alpha value is -2.62. The third-order valence-corrected chi connectivity index (χ3v) is 4.70. The predicted molar refractivity (Wildman–Crippen MR) is 80.7 cm³/mol. The van der Waals surface area contributed by atoms with Crippen molar-refractivity contribution < 1.29 is 14.7 Å². The number of rotatable bonds is 1. The molecule has 110 valence electrons. The highest BCUT2D eigenvalue weighted by atomic mass is 16.4. The van der Waals surface area contributed by atoms with Crippen LogP contribution in [0, 0.1) is 0 Å². The number of hydrogen-bond acceptors (Lipinski definition) is 2. The van der Waals surface area contributed by atoms with Crippen LogP contribution in [0.1, 0.15) is 39.0 Å². The smallest absolute Gasteiger partial charge is 0.313 e. The maximum Gasteiger partial charge on any atom is 0.313 e. The van der Waals surface area contributed by atoms with Crippen molar-refractivity contribution in [2.24, 2.45) is 0 Å². The van der Waals surface area contributed by atoms with Crippen LogP contribution in [0.15, 0.2) is 48.5 Å². The first-order valence-electron chi connectivity index (χ1n) is 7.39. The van der Waals surface area contributed by atoms with Crippen LogP contribution in [-0.4, -0.2) is 28.4 Å². The second kappa shape index (κ2) is 4.70. The van der Waals surface area contributed by atoms with E-state index < -0.39 is 17.9 Å². The van der Waals surface area contributed by atoms with Crippen molar-refractivity contribution in [1.82, 2.24) is 4.90 Å². The molecule has 2 aromatic carbocycles. The first kappa shape index (κ1) is 13.1. The zero-order valence-corrected chi connectivity index (χ0v) is 11.9. The molecule has 0 radical (unpaired) electrons. The van der Waals surface area contributed by atoms with E-state index in [4.69, 9.17) is 0 Å². The van der Waals surface area contributed by atoms with Crippen LogP contribution >= 0.6 is 0 Å². The first-order chi connectivity index (χ1) is 10.7. The van der Waals surface area contributed by atoms with Crippen molar-refractivity contribution in [3.05, 3.63) is 70.8 Å². The monoisotopic (exact) mass is 293 g/mol. The minimum absolute atomic E-state index is 0.0624. The largest absolute Gasteiger partial charge is 0.481 e. The molecular formula is C18H15NO3. The SMILES string of the molecule is O=C(O)[C@H]1c2ccccc2C(=O)N2CCc3ccccc3[C@@H]12. The Morgan fingerprint density at radius 1 is 1.05 bits per heavy atom. The normalized spacial score (nSPS) is 22.5. The van der Waals surface area contributed by atoms with Crippen molar-refractivity contribution in [2.75, 3.05) is 6.54 Å². The summed E-state index contributed by atoms with van der Waals surface area (Å²) in [5, 5.41) is 9.80. The minimum atomic E-state index is -0.883. The summed E-state index contributed by atoms with van der Waals surface area (Å²) in [5.74, 6) is -1.66. The highest BCUT2D eigenvalue weighted by Crippen LogP contribution is 2.45. The summed E-state index contributed by atoms with van der Waals surface area (Å²) in [7, 11) is 0. The highest BCUT2D eigenvalue weighted by molar-refractivity contribution is 6.00. The van der Waals surface area contributed by atoms with Gasteiger partial charge in [-0.25, -0.2) is 0 Å². The topological polar surface area (TPSA) is 57.6 Å². The van der Waals surface area contributed by atoms with Gasteiger partial charge >= 0.3 is 5.97 Å². The first-order valence-corrected chi connectivity index (χ1v) is 7.39. The van der Waals surface area contributed by atoms with Crippen LogP contribution in [0.4, 0.5) is 0 Å². The van der Waals surface area contributed by atoms with Crippen molar-refractivity contribution >= 4 is 11.9 Å². The van der Waals surface area contributed by atoms with Crippen molar-refractivity contribution in [3.8, 4) is 0 Å². The Morgan fingerprint density at radius 3 is 2.50 bits per heavy atom. The number of carbonyl (C=O) groups is 2. The molecule has 0 aromatic heterocycles. The summed E-state index contributed by atoms with van der Waals surface area (Å²) < 4.78 is 0. The molecule has 22 heavy (non-hydrogen) atoms. The summed E-state index contributed by atoms with van der Waals surface area (Å²) in [6.07, 6.45) is 0.771. The molecule has 4 heteroatoms. The third kappa shape index (κ3) is 1.70. The summed E-state index contributed by atoms with van der Waals surface area (Å²) in [6.45, 7) is 0.568. The second-order valence-corrected chi connectivity index (χ2v) is 5.80. The van der Waals surface area contributed by atoms with Crippen LogP contribution in [0.2, 0.25) is 0 Å². The average Bonchev–Trinajstić information content (AvgIpc) is 2.54. The van der Waals surface area contributed by atoms with Crippen molar-refractivity contribution in [2.45, 2.75) is 18.4 Å². The van der Waals surface area contributed by atoms with Gasteiger partial charge in [0.15, 0.2) is 0 Å². The molecule has 0 aliphatic carbocycles. The molecule has 2 aliphatic heterocycles. The molecule has 4 nitrogen and oxygen atoms in total. The molecule has 2 aliphatic rings. The van der Waals surface area contributed by atoms with Crippen LogP contribution < -0.4 is 0 Å². The molecule has 0 bridgehead atoms. The molecule has 2 aromatic rings. The lowest BCUT2D eigenvalue weighted by atomic mass is 9.76. The fourth-order valence-electron chi connectivity index (χ4n) is 3.74. The summed E-state index contributed by atoms with van der Waals surface area (Å²) in [4.78, 5) is 26.4. The van der Waals surface area contributed by atoms with Crippen molar-refractivity contribution in [3.63, 3.8) is 0 Å². The van der Waals surface area contributed by atoms with Gasteiger partial charge in [0.25, 0.3) is 5.91 Å². The fraction of sp³-hybridized carbons (Fsp3) is 0.222. The average molecular weight is 293 g/mol. The van der Waals surface area contributed by atoms with Gasteiger partial charge in [0.2, 0.25) is 0 Å². The van der Waals surface area contributed by atoms with Crippen LogP contribution in [0.3, 0.4) is 0 Å². The van der Waals surface area contributed by atoms with Gasteiger partial charge in [0, 0.05) is 12.1 Å². The minimum Gasteiger partial charge on any atom is -0.481 e. The zero-order valence-electron chi connectivity index (χ0n) is 11.9. The molecule has 0 fully saturated rings. The standard InChI is InChI=1S/C18H15NO3/c20-17-14-8-4-3-7-13(14)15(18(21)22)16-12-6-2-1-5-11(12)9-10-19(16)17/h1-8,15-16H,9-10H2,(H,21,22)/t15-,16-/m0/s1. The van der Waals surface area contributed by atoms with E-state index in [9.17, 15) is 14.7 Å². The zero-order chi connectivity index (χ0) is 15.3. The third-order valence-electron chi connectivity index (χ3n) is 4.70. The van der Waals surface area contributed by atoms with E-state index in [-0.39, 0.29) is 5.91 Å². The van der Waals surface area contributed by atoms with E-state index in [1.54, 1.807) is 29.2 Å². The van der Waals surface area contributed by atoms with E-state index in [1.807, 2.05) is 24.3 Å². The number of nitrogens with zero attached hydrogens (tertiary/aromatic N) is 1. The molecule has 4 rings (SSSR count). The molecule has 1 amide bonds. The van der Waals surface area contributed by atoms with Gasteiger partial charge in [0.05, 0.1) is 6.04 Å². The van der Waals surface area contributed by atoms with Gasteiger partial charge in [-0.2, -0.15) is 0 Å². The van der Waals surface area contributed by atoms with Crippen LogP contribution in [0.25, 0.3) is 0 Å². The van der Waals surface area contributed by atoms with Crippen LogP contribution in [-0.2, 0) is 11.2 Å². The number of carbonyl (C=O) groups excluding carboxylic acids is 1. The predicted octanol–water partition coefficient (Wildman–Crippen LogP) is 2.61. The molecule has 0 saturated carbocycles. The lowest BCUT2D eigenvalue weighted by molar-refractivity contribution is -0.140. The number of benzene rings is 2. The van der Waals surface area contributed by atoms with E-state index >= 15 is 0 Å². The van der Waals surface area contributed by atoms with E-state index in [2.05, 4.69) is 0 Å². The lowest BCUT2D eigenvalue weighted by Crippen LogP contribution is -2.48. The quantitative estimate of drug-likeness (QED) is 0.879. The Balaban J connectivity index is 1.97. The summed E-state index contributed by atoms with van der Waals surface area (Å²) in [5.41, 5.74) is 3.25. The van der Waals surface area contributed by atoms with Crippen molar-refractivity contribution in [1.29, 1.82) is 0 Å². The molecule has 0 saturated heterocycles. The molecule has 0 unspecified atom stereocenters. The number of amides is 1. The van der Waals surface area contributed by atoms with Gasteiger partial charge in [-0.05, 0) is 29.2 Å². The Morgan fingerprint density at radius 2 is 1.73 bits per heavy atom. The van der Waals surface area contributed by atoms with Gasteiger partial charge in [-0.3, -0.25) is 9.59 Å². The molecule has 2 heterocycles. The summed E-state index contributed by atoms with van der Waals surface area (Å²) in [6, 6.07) is 14.5. The van der Waals surface area contributed by atoms with E-state index in [0.717, 1.165) is 17.5 Å². The Bertz CT molecular complexity index is 783. The van der Waals surface area contributed by atoms with Crippen LogP contribution in [0.5, 0.6) is 0 Å². The number of carboxylic acids is 1. The molecule has 0 spiro atoms. The Labute approximate surface area is 128 Å². The van der Waals surface area contributed by atoms with E-state index in [0.29, 0.717) is 17.7 Å². The van der Waals surface area contributed by atoms with Gasteiger partial charge in [-0.15, -0.1) is 0 Å². The maximum absolute atomic E-state index is 12.8. The summed E-state index contributed by atoms with van der Waals surface area (Å²) >= 11 is 0. The van der Waals surface area contributed by atoms with E-state index in [1.165, 1.54) is 0 Å². The molecule has 2 atom stereocenters. The number of aliphatic carboxylic acids is 1. The lowest BCUT2D eigenvalue weighted by Gasteiger charge is -2.44. The maximum atomic E-state index is 12.8. The molecule has 1 N–H and O–H groups in total. The van der Waals surface area contributed by atoms with Gasteiger partial charge in [-0.1, -0.05) is 42.5 Å². The molecular weight excluding hydrogens is 278 g/mol. The van der Waals surface area contributed by atoms with Gasteiger partial charge < -0.3 is 10.0 Å². The fourth-order valence-corrected chi connectivity index (χ4v) is 3.74. The number of carboxylic acid groups (broad SMARTS) is 1. The number of hydrogen-bond donors (Lipinski definition) is 1. The second-order valence-electron chi connectivity index (χ2n) is 5.80. The highest BCUT2D eigenvalue weighted by Gasteiger charge is 2.46. The van der Waals surface area contributed by atoms with Gasteiger partial charge in [0.1, 0.15) is 5.92 Å². The number of fused-ring (bicyclic) bond motifs is 4. The Kier molecular flexibility index (Phi) is 2.79.